The second-order valence-corrected chi connectivity index (χ2v) is 9.36. The molecule has 4 aromatic rings. The van der Waals surface area contributed by atoms with Crippen LogP contribution in [0.25, 0.3) is 10.8 Å². The second-order valence-electron chi connectivity index (χ2n) is 7.70. The Bertz CT molecular complexity index is 1480. The normalized spacial score (nSPS) is 13.0. The lowest BCUT2D eigenvalue weighted by Crippen LogP contribution is -2.20. The van der Waals surface area contributed by atoms with E-state index in [4.69, 9.17) is 4.74 Å². The van der Waals surface area contributed by atoms with E-state index >= 15 is 0 Å². The van der Waals surface area contributed by atoms with Crippen LogP contribution in [0.2, 0.25) is 0 Å². The smallest absolute Gasteiger partial charge is 0.276 e. The molecule has 4 aromatic carbocycles. The number of fused-ring (bicyclic) bond motifs is 4. The van der Waals surface area contributed by atoms with Crippen LogP contribution in [0, 0.1) is 6.92 Å². The highest BCUT2D eigenvalue weighted by atomic mass is 32.2. The minimum Gasteiger partial charge on any atom is -0.453 e. The predicted octanol–water partition coefficient (Wildman–Crippen LogP) is 5.70. The number of rotatable bonds is 4. The van der Waals surface area contributed by atoms with Gasteiger partial charge in [0.05, 0.1) is 22.0 Å². The summed E-state index contributed by atoms with van der Waals surface area (Å²) in [6.07, 6.45) is 0. The van der Waals surface area contributed by atoms with Crippen LogP contribution in [0.5, 0.6) is 11.5 Å². The number of ether oxygens (including phenoxy) is 1. The van der Waals surface area contributed by atoms with Gasteiger partial charge in [-0.05, 0) is 61.2 Å². The van der Waals surface area contributed by atoms with Crippen LogP contribution in [-0.2, 0) is 10.0 Å². The summed E-state index contributed by atoms with van der Waals surface area (Å²) in [6, 6.07) is 24.3. The Balaban J connectivity index is 1.42. The molecule has 0 saturated heterocycles. The van der Waals surface area contributed by atoms with E-state index in [1.54, 1.807) is 31.2 Å². The SMILES string of the molecule is C/C(=N\NS(=O)(=O)c1ccc(C)cc1)c1ccc2c(c1)Nc1c(ccc3ccccc13)O2. The topological polar surface area (TPSA) is 79.8 Å². The summed E-state index contributed by atoms with van der Waals surface area (Å²) in [5, 5.41) is 9.76. The average Bonchev–Trinajstić information content (AvgIpc) is 2.81. The quantitative estimate of drug-likeness (QED) is 0.276. The molecule has 0 saturated carbocycles. The predicted molar refractivity (Wildman–Crippen MR) is 127 cm³/mol. The zero-order valence-corrected chi connectivity index (χ0v) is 18.4. The first kappa shape index (κ1) is 20.1. The molecule has 1 aliphatic rings. The fourth-order valence-electron chi connectivity index (χ4n) is 3.62. The van der Waals surface area contributed by atoms with E-state index in [9.17, 15) is 8.42 Å². The van der Waals surface area contributed by atoms with Gasteiger partial charge >= 0.3 is 0 Å². The maximum Gasteiger partial charge on any atom is 0.276 e. The first-order valence-electron chi connectivity index (χ1n) is 10.1. The number of hydrogen-bond acceptors (Lipinski definition) is 5. The zero-order valence-electron chi connectivity index (χ0n) is 17.6. The van der Waals surface area contributed by atoms with Crippen molar-refractivity contribution in [2.75, 3.05) is 5.32 Å². The number of sulfonamides is 1. The zero-order chi connectivity index (χ0) is 22.3. The van der Waals surface area contributed by atoms with Crippen LogP contribution < -0.4 is 14.9 Å². The molecule has 0 aromatic heterocycles. The summed E-state index contributed by atoms with van der Waals surface area (Å²) >= 11 is 0. The van der Waals surface area contributed by atoms with Gasteiger partial charge in [-0.2, -0.15) is 18.4 Å². The molecule has 0 atom stereocenters. The van der Waals surface area contributed by atoms with Crippen LogP contribution in [0.3, 0.4) is 0 Å². The Morgan fingerprint density at radius 2 is 1.69 bits per heavy atom. The molecule has 7 heteroatoms. The fraction of sp³-hybridized carbons (Fsp3) is 0.0800. The van der Waals surface area contributed by atoms with Gasteiger partial charge in [-0.3, -0.25) is 0 Å². The van der Waals surface area contributed by atoms with Crippen LogP contribution >= 0.6 is 0 Å². The lowest BCUT2D eigenvalue weighted by molar-refractivity contribution is 0.482. The summed E-state index contributed by atoms with van der Waals surface area (Å²) in [5.41, 5.74) is 4.00. The maximum absolute atomic E-state index is 12.5. The third-order valence-corrected chi connectivity index (χ3v) is 6.66. The molecule has 5 rings (SSSR count). The van der Waals surface area contributed by atoms with E-state index in [1.807, 2.05) is 55.5 Å². The van der Waals surface area contributed by atoms with Crippen LogP contribution in [-0.4, -0.2) is 14.1 Å². The molecule has 6 nitrogen and oxygen atoms in total. The summed E-state index contributed by atoms with van der Waals surface area (Å²) in [6.45, 7) is 3.66. The van der Waals surface area contributed by atoms with E-state index in [0.29, 0.717) is 11.5 Å². The van der Waals surface area contributed by atoms with E-state index in [1.165, 1.54) is 0 Å². The number of anilines is 2. The molecule has 0 radical (unpaired) electrons. The molecule has 0 amide bonds. The van der Waals surface area contributed by atoms with Crippen molar-refractivity contribution < 1.29 is 13.2 Å². The van der Waals surface area contributed by atoms with Crippen molar-refractivity contribution >= 4 is 37.9 Å². The van der Waals surface area contributed by atoms with Gasteiger partial charge in [-0.1, -0.05) is 48.0 Å². The highest BCUT2D eigenvalue weighted by Crippen LogP contribution is 2.45. The van der Waals surface area contributed by atoms with Gasteiger partial charge in [0.1, 0.15) is 0 Å². The van der Waals surface area contributed by atoms with Crippen molar-refractivity contribution in [3.8, 4) is 11.5 Å². The van der Waals surface area contributed by atoms with E-state index in [2.05, 4.69) is 21.3 Å². The lowest BCUT2D eigenvalue weighted by Gasteiger charge is -2.23. The molecule has 1 aliphatic heterocycles. The number of nitrogens with one attached hydrogen (secondary N) is 2. The molecule has 0 bridgehead atoms. The Kier molecular flexibility index (Phi) is 4.83. The van der Waals surface area contributed by atoms with Crippen molar-refractivity contribution in [2.24, 2.45) is 5.10 Å². The molecule has 0 spiro atoms. The van der Waals surface area contributed by atoms with Crippen molar-refractivity contribution in [2.45, 2.75) is 18.7 Å². The van der Waals surface area contributed by atoms with Crippen molar-refractivity contribution in [3.05, 3.63) is 90.0 Å². The molecule has 32 heavy (non-hydrogen) atoms. The monoisotopic (exact) mass is 443 g/mol. The van der Waals surface area contributed by atoms with E-state index in [0.717, 1.165) is 39.0 Å². The molecule has 2 N–H and O–H groups in total. The van der Waals surface area contributed by atoms with Gasteiger partial charge < -0.3 is 10.1 Å². The van der Waals surface area contributed by atoms with Gasteiger partial charge in [0.2, 0.25) is 0 Å². The maximum atomic E-state index is 12.5. The minimum atomic E-state index is -3.74. The third kappa shape index (κ3) is 3.67. The summed E-state index contributed by atoms with van der Waals surface area (Å²) < 4.78 is 31.1. The van der Waals surface area contributed by atoms with Gasteiger partial charge in [0.25, 0.3) is 10.0 Å². The summed E-state index contributed by atoms with van der Waals surface area (Å²) in [7, 11) is -3.74. The molecule has 1 heterocycles. The number of benzene rings is 4. The second kappa shape index (κ2) is 7.69. The highest BCUT2D eigenvalue weighted by Gasteiger charge is 2.19. The summed E-state index contributed by atoms with van der Waals surface area (Å²) in [4.78, 5) is 2.49. The summed E-state index contributed by atoms with van der Waals surface area (Å²) in [5.74, 6) is 1.46. The van der Waals surface area contributed by atoms with Crippen LogP contribution in [0.15, 0.2) is 88.9 Å². The van der Waals surface area contributed by atoms with E-state index < -0.39 is 10.0 Å². The van der Waals surface area contributed by atoms with Crippen LogP contribution in [0.1, 0.15) is 18.1 Å². The first-order chi connectivity index (χ1) is 15.4. The minimum absolute atomic E-state index is 0.170. The Labute approximate surface area is 186 Å². The van der Waals surface area contributed by atoms with Gasteiger partial charge in [0, 0.05) is 5.39 Å². The molecule has 160 valence electrons. The molecular formula is C25H21N3O3S. The molecule has 0 aliphatic carbocycles. The van der Waals surface area contributed by atoms with Gasteiger partial charge in [-0.25, -0.2) is 0 Å². The van der Waals surface area contributed by atoms with Crippen molar-refractivity contribution in [1.82, 2.24) is 4.83 Å². The Hall–Kier alpha value is -3.84. The number of hydrogen-bond donors (Lipinski definition) is 2. The lowest BCUT2D eigenvalue weighted by atomic mass is 10.0. The van der Waals surface area contributed by atoms with Crippen LogP contribution in [0.4, 0.5) is 11.4 Å². The van der Waals surface area contributed by atoms with E-state index in [-0.39, 0.29) is 4.90 Å². The first-order valence-corrected chi connectivity index (χ1v) is 11.6. The van der Waals surface area contributed by atoms with Crippen molar-refractivity contribution in [3.63, 3.8) is 0 Å². The Morgan fingerprint density at radius 1 is 0.938 bits per heavy atom. The standard InChI is InChI=1S/C25H21N3O3S/c1-16-7-11-20(12-8-16)32(29,30)28-27-17(2)19-10-13-23-22(15-19)26-25-21-6-4-3-5-18(21)9-14-24(25)31-23/h3-15,26,28H,1-2H3/b27-17+. The largest absolute Gasteiger partial charge is 0.453 e. The van der Waals surface area contributed by atoms with Crippen molar-refractivity contribution in [1.29, 1.82) is 0 Å². The number of nitrogens with zero attached hydrogens (tertiary/aromatic N) is 1. The Morgan fingerprint density at radius 3 is 2.50 bits per heavy atom. The van der Waals surface area contributed by atoms with Gasteiger partial charge in [-0.15, -0.1) is 0 Å². The van der Waals surface area contributed by atoms with Gasteiger partial charge in [0.15, 0.2) is 11.5 Å². The highest BCUT2D eigenvalue weighted by molar-refractivity contribution is 7.89. The molecule has 0 unspecified atom stereocenters. The average molecular weight is 444 g/mol. The third-order valence-electron chi connectivity index (χ3n) is 5.43. The number of hydrazone groups is 1. The number of aryl methyl sites for hydroxylation is 1. The molecular weight excluding hydrogens is 422 g/mol. The molecule has 0 fully saturated rings. The fourth-order valence-corrected chi connectivity index (χ4v) is 4.48.